The van der Waals surface area contributed by atoms with Gasteiger partial charge in [0.2, 0.25) is 5.12 Å². The summed E-state index contributed by atoms with van der Waals surface area (Å²) in [5.74, 6) is 0. The molecule has 0 aromatic rings. The molecule has 0 heterocycles. The second-order valence-corrected chi connectivity index (χ2v) is 1.89. The quantitative estimate of drug-likeness (QED) is 0.451. The average Bonchev–Trinajstić information content (AvgIpc) is 1.65. The van der Waals surface area contributed by atoms with Gasteiger partial charge in [-0.05, 0) is 0 Å². The van der Waals surface area contributed by atoms with E-state index in [1.165, 1.54) is 6.92 Å². The summed E-state index contributed by atoms with van der Waals surface area (Å²) in [6.07, 6.45) is 0.0656. The molecule has 0 aliphatic rings. The highest BCUT2D eigenvalue weighted by Gasteiger charge is 1.92. The lowest BCUT2D eigenvalue weighted by atomic mass is 10.6. The Morgan fingerprint density at radius 1 is 1.86 bits per heavy atom. The van der Waals surface area contributed by atoms with Crippen molar-refractivity contribution in [1.29, 1.82) is 0 Å². The van der Waals surface area contributed by atoms with Crippen LogP contribution in [0.5, 0.6) is 0 Å². The van der Waals surface area contributed by atoms with E-state index >= 15 is 0 Å². The minimum atomic E-state index is -2.50. The van der Waals surface area contributed by atoms with E-state index in [-0.39, 0.29) is 6.42 Å². The van der Waals surface area contributed by atoms with Crippen LogP contribution in [0, 0.1) is 0 Å². The molecule has 1 unspecified atom stereocenters. The van der Waals surface area contributed by atoms with Crippen molar-refractivity contribution in [2.45, 2.75) is 13.3 Å². The summed E-state index contributed by atoms with van der Waals surface area (Å²) in [4.78, 5) is 9.90. The number of carbonyl (C=O) groups is 1. The van der Waals surface area contributed by atoms with Crippen molar-refractivity contribution in [2.75, 3.05) is 0 Å². The van der Waals surface area contributed by atoms with Gasteiger partial charge in [-0.3, -0.25) is 9.00 Å². The molecule has 0 aliphatic carbocycles. The SMILES string of the molecule is CCC(=O)S(=O)[O-]. The molecule has 0 spiro atoms. The van der Waals surface area contributed by atoms with Gasteiger partial charge in [0.15, 0.2) is 0 Å². The Morgan fingerprint density at radius 3 is 2.29 bits per heavy atom. The van der Waals surface area contributed by atoms with Gasteiger partial charge >= 0.3 is 0 Å². The summed E-state index contributed by atoms with van der Waals surface area (Å²) < 4.78 is 19.2. The van der Waals surface area contributed by atoms with Gasteiger partial charge in [-0.25, -0.2) is 0 Å². The molecular weight excluding hydrogens is 116 g/mol. The zero-order valence-corrected chi connectivity index (χ0v) is 4.66. The van der Waals surface area contributed by atoms with Crippen LogP contribution in [0.25, 0.3) is 0 Å². The van der Waals surface area contributed by atoms with E-state index in [1.54, 1.807) is 0 Å². The van der Waals surface area contributed by atoms with Crippen molar-refractivity contribution < 1.29 is 13.6 Å². The Hall–Kier alpha value is -0.220. The molecule has 0 fully saturated rings. The number of carbonyl (C=O) groups excluding carboxylic acids is 1. The predicted molar refractivity (Wildman–Crippen MR) is 24.2 cm³/mol. The molecule has 42 valence electrons. The van der Waals surface area contributed by atoms with Crippen LogP contribution in [0.3, 0.4) is 0 Å². The summed E-state index contributed by atoms with van der Waals surface area (Å²) in [6, 6.07) is 0. The first kappa shape index (κ1) is 6.78. The highest BCUT2D eigenvalue weighted by Crippen LogP contribution is 1.81. The molecule has 3 nitrogen and oxygen atoms in total. The van der Waals surface area contributed by atoms with Gasteiger partial charge in [-0.2, -0.15) is 0 Å². The highest BCUT2D eigenvalue weighted by atomic mass is 32.2. The fraction of sp³-hybridized carbons (Fsp3) is 0.667. The summed E-state index contributed by atoms with van der Waals surface area (Å²) in [7, 11) is 0. The van der Waals surface area contributed by atoms with Gasteiger partial charge in [0.1, 0.15) is 0 Å². The fourth-order valence-electron chi connectivity index (χ4n) is 0.118. The number of hydrogen-bond donors (Lipinski definition) is 0. The molecule has 0 amide bonds. The standard InChI is InChI=1S/C3H6O3S/c1-2-3(4)7(5)6/h2H2,1H3,(H,5,6)/p-1. The molecule has 0 aliphatic heterocycles. The van der Waals surface area contributed by atoms with Gasteiger partial charge in [0.05, 0.1) is 0 Å². The molecule has 0 radical (unpaired) electrons. The number of rotatable bonds is 1. The topological polar surface area (TPSA) is 57.2 Å². The van der Waals surface area contributed by atoms with Gasteiger partial charge in [0.25, 0.3) is 0 Å². The van der Waals surface area contributed by atoms with Crippen LogP contribution >= 0.6 is 0 Å². The van der Waals surface area contributed by atoms with E-state index < -0.39 is 16.2 Å². The number of hydrogen-bond acceptors (Lipinski definition) is 3. The first-order valence-corrected chi connectivity index (χ1v) is 2.88. The van der Waals surface area contributed by atoms with E-state index in [1.807, 2.05) is 0 Å². The maximum absolute atomic E-state index is 9.90. The zero-order valence-electron chi connectivity index (χ0n) is 3.84. The molecule has 0 rings (SSSR count). The molecule has 0 saturated heterocycles. The summed E-state index contributed by atoms with van der Waals surface area (Å²) in [5.41, 5.74) is 0. The Kier molecular flexibility index (Phi) is 2.78. The third kappa shape index (κ3) is 2.47. The average molecular weight is 121 g/mol. The van der Waals surface area contributed by atoms with E-state index in [4.69, 9.17) is 0 Å². The predicted octanol–water partition coefficient (Wildman–Crippen LogP) is -0.198. The van der Waals surface area contributed by atoms with E-state index in [0.29, 0.717) is 0 Å². The molecule has 0 N–H and O–H groups in total. The van der Waals surface area contributed by atoms with Crippen molar-refractivity contribution >= 4 is 16.2 Å². The van der Waals surface area contributed by atoms with Crippen LogP contribution in [0.2, 0.25) is 0 Å². The smallest absolute Gasteiger partial charge is 0.205 e. The maximum Gasteiger partial charge on any atom is 0.205 e. The van der Waals surface area contributed by atoms with Crippen LogP contribution in [-0.4, -0.2) is 13.9 Å². The molecular formula is C3H5O3S-. The van der Waals surface area contributed by atoms with Crippen LogP contribution in [0.4, 0.5) is 0 Å². The largest absolute Gasteiger partial charge is 0.766 e. The lowest BCUT2D eigenvalue weighted by Gasteiger charge is -1.96. The summed E-state index contributed by atoms with van der Waals surface area (Å²) in [5, 5.41) is -0.736. The zero-order chi connectivity index (χ0) is 5.86. The van der Waals surface area contributed by atoms with Crippen LogP contribution < -0.4 is 0 Å². The normalized spacial score (nSPS) is 13.4. The van der Waals surface area contributed by atoms with E-state index in [0.717, 1.165) is 0 Å². The van der Waals surface area contributed by atoms with Gasteiger partial charge < -0.3 is 4.55 Å². The third-order valence-corrected chi connectivity index (χ3v) is 1.14. The molecule has 1 atom stereocenters. The minimum Gasteiger partial charge on any atom is -0.766 e. The van der Waals surface area contributed by atoms with Crippen LogP contribution in [0.15, 0.2) is 0 Å². The minimum absolute atomic E-state index is 0.0656. The van der Waals surface area contributed by atoms with Crippen molar-refractivity contribution in [2.24, 2.45) is 0 Å². The van der Waals surface area contributed by atoms with Gasteiger partial charge in [-0.1, -0.05) is 6.92 Å². The van der Waals surface area contributed by atoms with Gasteiger partial charge in [0, 0.05) is 17.5 Å². The van der Waals surface area contributed by atoms with Crippen LogP contribution in [-0.2, 0) is 15.9 Å². The van der Waals surface area contributed by atoms with E-state index in [2.05, 4.69) is 0 Å². The highest BCUT2D eigenvalue weighted by molar-refractivity contribution is 7.95. The van der Waals surface area contributed by atoms with Crippen molar-refractivity contribution in [1.82, 2.24) is 0 Å². The Labute approximate surface area is 44.0 Å². The molecule has 7 heavy (non-hydrogen) atoms. The van der Waals surface area contributed by atoms with Crippen molar-refractivity contribution in [3.8, 4) is 0 Å². The first-order chi connectivity index (χ1) is 3.18. The molecule has 0 saturated carbocycles. The van der Waals surface area contributed by atoms with Crippen molar-refractivity contribution in [3.05, 3.63) is 0 Å². The molecule has 0 aromatic carbocycles. The molecule has 0 aromatic heterocycles. The lowest BCUT2D eigenvalue weighted by Crippen LogP contribution is -2.02. The van der Waals surface area contributed by atoms with E-state index in [9.17, 15) is 13.6 Å². The van der Waals surface area contributed by atoms with Gasteiger partial charge in [-0.15, -0.1) is 0 Å². The van der Waals surface area contributed by atoms with Crippen LogP contribution in [0.1, 0.15) is 13.3 Å². The first-order valence-electron chi connectivity index (χ1n) is 1.80. The lowest BCUT2D eigenvalue weighted by molar-refractivity contribution is -0.111. The molecule has 4 heteroatoms. The second-order valence-electron chi connectivity index (χ2n) is 0.960. The maximum atomic E-state index is 9.90. The Balaban J connectivity index is 3.58. The second kappa shape index (κ2) is 2.87. The Morgan fingerprint density at radius 2 is 2.29 bits per heavy atom. The van der Waals surface area contributed by atoms with Crippen molar-refractivity contribution in [3.63, 3.8) is 0 Å². The molecule has 0 bridgehead atoms. The third-order valence-electron chi connectivity index (χ3n) is 0.475. The monoisotopic (exact) mass is 121 g/mol. The summed E-state index contributed by atoms with van der Waals surface area (Å²) >= 11 is -2.50. The summed E-state index contributed by atoms with van der Waals surface area (Å²) in [6.45, 7) is 1.50. The fourth-order valence-corrected chi connectivity index (χ4v) is 0.354. The Bertz CT molecular complexity index is 98.4.